The quantitative estimate of drug-likeness (QED) is 0.423. The molecule has 0 saturated carbocycles. The summed E-state index contributed by atoms with van der Waals surface area (Å²) in [4.78, 5) is 0. The van der Waals surface area contributed by atoms with Gasteiger partial charge in [0.05, 0.1) is 0 Å². The van der Waals surface area contributed by atoms with Gasteiger partial charge in [0, 0.05) is 19.1 Å². The molecule has 0 radical (unpaired) electrons. The molecule has 0 bridgehead atoms. The van der Waals surface area contributed by atoms with E-state index >= 15 is 0 Å². The van der Waals surface area contributed by atoms with Gasteiger partial charge in [-0.1, -0.05) is 0 Å². The molecule has 0 aromatic rings. The van der Waals surface area contributed by atoms with Crippen LogP contribution in [0.2, 0.25) is 0 Å². The van der Waals surface area contributed by atoms with Gasteiger partial charge in [0.25, 0.3) is 0 Å². The molecular formula is C7H10O. The van der Waals surface area contributed by atoms with Crippen molar-refractivity contribution >= 4 is 0 Å². The van der Waals surface area contributed by atoms with Crippen LogP contribution < -0.4 is 0 Å². The number of hydrogen-bond acceptors (Lipinski definition) is 1. The molecular weight excluding hydrogens is 100 g/mol. The Balaban J connectivity index is 2.25. The van der Waals surface area contributed by atoms with E-state index in [0.29, 0.717) is 5.92 Å². The van der Waals surface area contributed by atoms with Crippen molar-refractivity contribution in [3.8, 4) is 12.3 Å². The van der Waals surface area contributed by atoms with Crippen LogP contribution in [0.25, 0.3) is 0 Å². The molecule has 1 saturated heterocycles. The van der Waals surface area contributed by atoms with Gasteiger partial charge in [-0.15, -0.1) is 12.3 Å². The minimum Gasteiger partial charge on any atom is -0.381 e. The van der Waals surface area contributed by atoms with Crippen molar-refractivity contribution in [2.75, 3.05) is 13.2 Å². The van der Waals surface area contributed by atoms with E-state index in [0.717, 1.165) is 26.1 Å². The lowest BCUT2D eigenvalue weighted by atomic mass is 10.0. The van der Waals surface area contributed by atoms with Crippen molar-refractivity contribution in [1.82, 2.24) is 0 Å². The Morgan fingerprint density at radius 3 is 2.38 bits per heavy atom. The van der Waals surface area contributed by atoms with Crippen molar-refractivity contribution in [3.63, 3.8) is 0 Å². The molecule has 0 aliphatic carbocycles. The largest absolute Gasteiger partial charge is 0.381 e. The van der Waals surface area contributed by atoms with Crippen molar-refractivity contribution in [3.05, 3.63) is 0 Å². The minimum absolute atomic E-state index is 0.490. The Morgan fingerprint density at radius 2 is 2.00 bits per heavy atom. The monoisotopic (exact) mass is 110 g/mol. The van der Waals surface area contributed by atoms with Gasteiger partial charge in [-0.05, 0) is 12.8 Å². The lowest BCUT2D eigenvalue weighted by Gasteiger charge is -2.15. The molecule has 1 aliphatic heterocycles. The third-order valence-electron chi connectivity index (χ3n) is 1.46. The van der Waals surface area contributed by atoms with Crippen LogP contribution in [-0.2, 0) is 4.74 Å². The second-order valence-corrected chi connectivity index (χ2v) is 2.05. The Hall–Kier alpha value is -0.480. The van der Waals surface area contributed by atoms with Crippen LogP contribution in [0.5, 0.6) is 0 Å². The third-order valence-corrected chi connectivity index (χ3v) is 1.46. The number of ether oxygens (including phenoxy) is 1. The van der Waals surface area contributed by atoms with E-state index in [1.807, 2.05) is 0 Å². The summed E-state index contributed by atoms with van der Waals surface area (Å²) in [7, 11) is 0. The zero-order chi connectivity index (χ0) is 5.82. The summed E-state index contributed by atoms with van der Waals surface area (Å²) in [6.45, 7) is 1.71. The summed E-state index contributed by atoms with van der Waals surface area (Å²) < 4.78 is 5.11. The molecule has 8 heavy (non-hydrogen) atoms. The van der Waals surface area contributed by atoms with Crippen LogP contribution in [0, 0.1) is 18.3 Å². The molecule has 0 aromatic heterocycles. The normalized spacial score (nSPS) is 22.4. The maximum Gasteiger partial charge on any atom is 0.0477 e. The van der Waals surface area contributed by atoms with E-state index in [2.05, 4.69) is 5.92 Å². The van der Waals surface area contributed by atoms with Gasteiger partial charge >= 0.3 is 0 Å². The smallest absolute Gasteiger partial charge is 0.0477 e. The first-order chi connectivity index (χ1) is 3.93. The molecule has 0 amide bonds. The van der Waals surface area contributed by atoms with Gasteiger partial charge in [-0.25, -0.2) is 0 Å². The van der Waals surface area contributed by atoms with Gasteiger partial charge in [0.2, 0.25) is 0 Å². The van der Waals surface area contributed by atoms with E-state index in [9.17, 15) is 0 Å². The minimum atomic E-state index is 0.490. The average Bonchev–Trinajstić information content (AvgIpc) is 1.90. The van der Waals surface area contributed by atoms with Crippen LogP contribution in [-0.4, -0.2) is 13.2 Å². The summed E-state index contributed by atoms with van der Waals surface area (Å²) in [6.07, 6.45) is 7.30. The lowest BCUT2D eigenvalue weighted by molar-refractivity contribution is 0.0807. The van der Waals surface area contributed by atoms with Crippen molar-refractivity contribution in [2.45, 2.75) is 12.8 Å². The molecule has 1 rings (SSSR count). The van der Waals surface area contributed by atoms with Crippen LogP contribution >= 0.6 is 0 Å². The van der Waals surface area contributed by atoms with Crippen LogP contribution in [0.15, 0.2) is 0 Å². The molecule has 1 heterocycles. The predicted octanol–water partition coefficient (Wildman–Crippen LogP) is 1.05. The highest BCUT2D eigenvalue weighted by atomic mass is 16.5. The predicted molar refractivity (Wildman–Crippen MR) is 32.4 cm³/mol. The molecule has 1 aliphatic rings. The zero-order valence-corrected chi connectivity index (χ0v) is 4.89. The first-order valence-corrected chi connectivity index (χ1v) is 2.97. The Labute approximate surface area is 50.0 Å². The van der Waals surface area contributed by atoms with Gasteiger partial charge < -0.3 is 4.74 Å². The number of rotatable bonds is 0. The van der Waals surface area contributed by atoms with Gasteiger partial charge in [0.1, 0.15) is 0 Å². The number of hydrogen-bond donors (Lipinski definition) is 0. The molecule has 44 valence electrons. The average molecular weight is 110 g/mol. The molecule has 0 N–H and O–H groups in total. The van der Waals surface area contributed by atoms with Crippen LogP contribution in [0.3, 0.4) is 0 Å². The van der Waals surface area contributed by atoms with Gasteiger partial charge in [-0.3, -0.25) is 0 Å². The molecule has 1 heteroatoms. The summed E-state index contributed by atoms with van der Waals surface area (Å²) in [5.41, 5.74) is 0. The Kier molecular flexibility index (Phi) is 1.93. The Morgan fingerprint density at radius 1 is 1.38 bits per heavy atom. The highest BCUT2D eigenvalue weighted by Gasteiger charge is 2.09. The maximum absolute atomic E-state index is 5.20. The highest BCUT2D eigenvalue weighted by molar-refractivity contribution is 4.93. The Bertz CT molecular complexity index is 95.4. The summed E-state index contributed by atoms with van der Waals surface area (Å²) in [5.74, 6) is 3.21. The topological polar surface area (TPSA) is 9.23 Å². The van der Waals surface area contributed by atoms with E-state index in [1.54, 1.807) is 0 Å². The van der Waals surface area contributed by atoms with Crippen molar-refractivity contribution in [2.24, 2.45) is 5.92 Å². The second kappa shape index (κ2) is 2.74. The van der Waals surface area contributed by atoms with Crippen molar-refractivity contribution < 1.29 is 4.74 Å². The molecule has 0 atom stereocenters. The van der Waals surface area contributed by atoms with Crippen molar-refractivity contribution in [1.29, 1.82) is 0 Å². The first-order valence-electron chi connectivity index (χ1n) is 2.97. The van der Waals surface area contributed by atoms with E-state index in [4.69, 9.17) is 11.2 Å². The second-order valence-electron chi connectivity index (χ2n) is 2.05. The molecule has 0 spiro atoms. The van der Waals surface area contributed by atoms with Crippen LogP contribution in [0.4, 0.5) is 0 Å². The van der Waals surface area contributed by atoms with Crippen LogP contribution in [0.1, 0.15) is 12.8 Å². The highest BCUT2D eigenvalue weighted by Crippen LogP contribution is 2.11. The third kappa shape index (κ3) is 1.24. The zero-order valence-electron chi connectivity index (χ0n) is 4.89. The SMILES string of the molecule is C#CC1CCOCC1. The fourth-order valence-corrected chi connectivity index (χ4v) is 0.864. The van der Waals surface area contributed by atoms with E-state index in [1.165, 1.54) is 0 Å². The molecule has 1 fully saturated rings. The molecule has 0 unspecified atom stereocenters. The number of terminal acetylenes is 1. The molecule has 1 nitrogen and oxygen atoms in total. The standard InChI is InChI=1S/C7H10O/c1-2-7-3-5-8-6-4-7/h1,7H,3-6H2. The summed E-state index contributed by atoms with van der Waals surface area (Å²) in [6, 6.07) is 0. The summed E-state index contributed by atoms with van der Waals surface area (Å²) >= 11 is 0. The van der Waals surface area contributed by atoms with E-state index in [-0.39, 0.29) is 0 Å². The van der Waals surface area contributed by atoms with E-state index < -0.39 is 0 Å². The molecule has 0 aromatic carbocycles. The van der Waals surface area contributed by atoms with Gasteiger partial charge in [-0.2, -0.15) is 0 Å². The lowest BCUT2D eigenvalue weighted by Crippen LogP contribution is -2.13. The van der Waals surface area contributed by atoms with Gasteiger partial charge in [0.15, 0.2) is 0 Å². The first kappa shape index (κ1) is 5.65. The fourth-order valence-electron chi connectivity index (χ4n) is 0.864. The summed E-state index contributed by atoms with van der Waals surface area (Å²) in [5, 5.41) is 0. The maximum atomic E-state index is 5.20. The fraction of sp³-hybridized carbons (Fsp3) is 0.714.